The van der Waals surface area contributed by atoms with Crippen LogP contribution in [-0.4, -0.2) is 4.98 Å². The van der Waals surface area contributed by atoms with Gasteiger partial charge in [-0.05, 0) is 41.3 Å². The van der Waals surface area contributed by atoms with Gasteiger partial charge in [-0.1, -0.05) is 45.7 Å². The van der Waals surface area contributed by atoms with E-state index >= 15 is 0 Å². The number of pyridine rings is 1. The molecule has 0 aliphatic rings. The molecule has 2 aromatic carbocycles. The van der Waals surface area contributed by atoms with Crippen LogP contribution in [0, 0.1) is 0 Å². The van der Waals surface area contributed by atoms with Crippen LogP contribution in [0.4, 0.5) is 0 Å². The molecule has 1 heterocycles. The number of fused-ring (bicyclic) bond motifs is 1. The third-order valence-corrected chi connectivity index (χ3v) is 3.67. The van der Waals surface area contributed by atoms with Crippen molar-refractivity contribution in [3.05, 3.63) is 68.4 Å². The molecule has 4 heteroatoms. The maximum Gasteiger partial charge on any atom is 0.256 e. The highest BCUT2D eigenvalue weighted by Crippen LogP contribution is 2.24. The van der Waals surface area contributed by atoms with Crippen LogP contribution in [0.5, 0.6) is 0 Å². The van der Waals surface area contributed by atoms with Gasteiger partial charge in [0.05, 0.1) is 0 Å². The molecular weight excluding hydrogens is 326 g/mol. The van der Waals surface area contributed by atoms with E-state index in [1.807, 2.05) is 42.5 Å². The zero-order chi connectivity index (χ0) is 13.4. The quantitative estimate of drug-likeness (QED) is 0.692. The molecule has 0 radical (unpaired) electrons. The maximum atomic E-state index is 12.1. The van der Waals surface area contributed by atoms with Gasteiger partial charge in [-0.25, -0.2) is 0 Å². The zero-order valence-corrected chi connectivity index (χ0v) is 12.1. The average molecular weight is 335 g/mol. The van der Waals surface area contributed by atoms with E-state index in [4.69, 9.17) is 11.6 Å². The minimum Gasteiger partial charge on any atom is -0.321 e. The van der Waals surface area contributed by atoms with E-state index in [0.29, 0.717) is 10.4 Å². The molecule has 1 N–H and O–H groups in total. The Hall–Kier alpha value is -1.58. The number of halogens is 2. The zero-order valence-electron chi connectivity index (χ0n) is 9.78. The first-order chi connectivity index (χ1) is 9.13. The molecule has 0 amide bonds. The Labute approximate surface area is 123 Å². The molecule has 3 rings (SSSR count). The van der Waals surface area contributed by atoms with Crippen molar-refractivity contribution in [1.82, 2.24) is 4.98 Å². The molecule has 2 nitrogen and oxygen atoms in total. The van der Waals surface area contributed by atoms with Gasteiger partial charge in [0.15, 0.2) is 0 Å². The number of H-pyrrole nitrogens is 1. The SMILES string of the molecule is O=c1[nH]c(-c2cccc(Cl)c2)cc2ccc(Br)cc12. The molecule has 0 unspecified atom stereocenters. The number of aromatic amines is 1. The second kappa shape index (κ2) is 4.83. The standard InChI is InChI=1S/C15H9BrClNO/c16-11-5-4-9-7-14(18-15(19)13(9)8-11)10-2-1-3-12(17)6-10/h1-8H,(H,18,19). The Morgan fingerprint density at radius 3 is 2.68 bits per heavy atom. The fraction of sp³-hybridized carbons (Fsp3) is 0. The molecule has 0 atom stereocenters. The van der Waals surface area contributed by atoms with Crippen molar-refractivity contribution < 1.29 is 0 Å². The maximum absolute atomic E-state index is 12.1. The summed E-state index contributed by atoms with van der Waals surface area (Å²) in [7, 11) is 0. The predicted molar refractivity (Wildman–Crippen MR) is 82.7 cm³/mol. The van der Waals surface area contributed by atoms with Gasteiger partial charge in [-0.2, -0.15) is 0 Å². The Balaban J connectivity index is 2.27. The molecule has 0 fully saturated rings. The predicted octanol–water partition coefficient (Wildman–Crippen LogP) is 4.61. The lowest BCUT2D eigenvalue weighted by molar-refractivity contribution is 1.28. The van der Waals surface area contributed by atoms with Gasteiger partial charge in [-0.15, -0.1) is 0 Å². The first-order valence-corrected chi connectivity index (χ1v) is 6.89. The topological polar surface area (TPSA) is 32.9 Å². The lowest BCUT2D eigenvalue weighted by Gasteiger charge is -2.05. The van der Waals surface area contributed by atoms with Crippen molar-refractivity contribution in [2.45, 2.75) is 0 Å². The van der Waals surface area contributed by atoms with Crippen molar-refractivity contribution in [2.75, 3.05) is 0 Å². The Kier molecular flexibility index (Phi) is 3.17. The van der Waals surface area contributed by atoms with Gasteiger partial charge in [0.1, 0.15) is 0 Å². The first kappa shape index (κ1) is 12.5. The molecule has 19 heavy (non-hydrogen) atoms. The summed E-state index contributed by atoms with van der Waals surface area (Å²) in [6, 6.07) is 15.0. The van der Waals surface area contributed by atoms with E-state index in [0.717, 1.165) is 21.1 Å². The van der Waals surface area contributed by atoms with Crippen LogP contribution >= 0.6 is 27.5 Å². The summed E-state index contributed by atoms with van der Waals surface area (Å²) >= 11 is 9.34. The number of hydrogen-bond acceptors (Lipinski definition) is 1. The fourth-order valence-electron chi connectivity index (χ4n) is 2.04. The van der Waals surface area contributed by atoms with Crippen LogP contribution in [0.3, 0.4) is 0 Å². The number of hydrogen-bond donors (Lipinski definition) is 1. The highest BCUT2D eigenvalue weighted by atomic mass is 79.9. The van der Waals surface area contributed by atoms with Crippen molar-refractivity contribution in [2.24, 2.45) is 0 Å². The summed E-state index contributed by atoms with van der Waals surface area (Å²) in [5, 5.41) is 2.22. The second-order valence-corrected chi connectivity index (χ2v) is 5.61. The van der Waals surface area contributed by atoms with E-state index in [2.05, 4.69) is 20.9 Å². The molecular formula is C15H9BrClNO. The minimum atomic E-state index is -0.103. The summed E-state index contributed by atoms with van der Waals surface area (Å²) in [6.45, 7) is 0. The van der Waals surface area contributed by atoms with Crippen LogP contribution in [0.2, 0.25) is 5.02 Å². The third kappa shape index (κ3) is 2.44. The smallest absolute Gasteiger partial charge is 0.256 e. The number of rotatable bonds is 1. The first-order valence-electron chi connectivity index (χ1n) is 5.72. The van der Waals surface area contributed by atoms with E-state index in [-0.39, 0.29) is 5.56 Å². The van der Waals surface area contributed by atoms with E-state index in [9.17, 15) is 4.79 Å². The van der Waals surface area contributed by atoms with Crippen LogP contribution in [0.1, 0.15) is 0 Å². The van der Waals surface area contributed by atoms with Gasteiger partial charge in [0.2, 0.25) is 0 Å². The van der Waals surface area contributed by atoms with E-state index in [1.165, 1.54) is 0 Å². The summed E-state index contributed by atoms with van der Waals surface area (Å²) in [4.78, 5) is 15.0. The molecule has 1 aromatic heterocycles. The van der Waals surface area contributed by atoms with Crippen LogP contribution in [0.25, 0.3) is 22.0 Å². The highest BCUT2D eigenvalue weighted by Gasteiger charge is 2.05. The van der Waals surface area contributed by atoms with E-state index < -0.39 is 0 Å². The van der Waals surface area contributed by atoms with Crippen LogP contribution in [-0.2, 0) is 0 Å². The average Bonchev–Trinajstić information content (AvgIpc) is 2.39. The van der Waals surface area contributed by atoms with Gasteiger partial charge in [-0.3, -0.25) is 4.79 Å². The molecule has 0 bridgehead atoms. The van der Waals surface area contributed by atoms with Gasteiger partial charge >= 0.3 is 0 Å². The Morgan fingerprint density at radius 2 is 1.89 bits per heavy atom. The van der Waals surface area contributed by atoms with Gasteiger partial charge in [0.25, 0.3) is 5.56 Å². The molecule has 0 spiro atoms. The van der Waals surface area contributed by atoms with Crippen molar-refractivity contribution in [3.8, 4) is 11.3 Å². The highest BCUT2D eigenvalue weighted by molar-refractivity contribution is 9.10. The summed E-state index contributed by atoms with van der Waals surface area (Å²) in [5.41, 5.74) is 1.56. The number of aromatic nitrogens is 1. The van der Waals surface area contributed by atoms with Gasteiger partial charge in [0, 0.05) is 20.6 Å². The molecule has 0 saturated carbocycles. The molecule has 0 aliphatic heterocycles. The Morgan fingerprint density at radius 1 is 1.05 bits per heavy atom. The lowest BCUT2D eigenvalue weighted by Crippen LogP contribution is -2.07. The summed E-state index contributed by atoms with van der Waals surface area (Å²) in [6.07, 6.45) is 0. The second-order valence-electron chi connectivity index (χ2n) is 4.25. The van der Waals surface area contributed by atoms with Crippen LogP contribution in [0.15, 0.2) is 57.8 Å². The Bertz CT molecular complexity index is 826. The van der Waals surface area contributed by atoms with E-state index in [1.54, 1.807) is 6.07 Å². The fourth-order valence-corrected chi connectivity index (χ4v) is 2.60. The summed E-state index contributed by atoms with van der Waals surface area (Å²) < 4.78 is 0.890. The normalized spacial score (nSPS) is 10.8. The summed E-state index contributed by atoms with van der Waals surface area (Å²) in [5.74, 6) is 0. The molecule has 0 aliphatic carbocycles. The number of benzene rings is 2. The lowest BCUT2D eigenvalue weighted by atomic mass is 10.1. The van der Waals surface area contributed by atoms with Crippen molar-refractivity contribution in [3.63, 3.8) is 0 Å². The molecule has 0 saturated heterocycles. The number of nitrogens with one attached hydrogen (secondary N) is 1. The molecule has 3 aromatic rings. The molecule has 94 valence electrons. The minimum absolute atomic E-state index is 0.103. The van der Waals surface area contributed by atoms with Crippen molar-refractivity contribution >= 4 is 38.3 Å². The van der Waals surface area contributed by atoms with Gasteiger partial charge < -0.3 is 4.98 Å². The monoisotopic (exact) mass is 333 g/mol. The largest absolute Gasteiger partial charge is 0.321 e. The van der Waals surface area contributed by atoms with Crippen molar-refractivity contribution in [1.29, 1.82) is 0 Å². The third-order valence-electron chi connectivity index (χ3n) is 2.94. The van der Waals surface area contributed by atoms with Crippen LogP contribution < -0.4 is 5.56 Å².